The van der Waals surface area contributed by atoms with E-state index in [2.05, 4.69) is 21.8 Å². The molecule has 1 aromatic rings. The molecule has 1 aromatic heterocycles. The first-order chi connectivity index (χ1) is 7.79. The Kier molecular flexibility index (Phi) is 4.01. The molecular formula is C11H18N4S. The lowest BCUT2D eigenvalue weighted by molar-refractivity contribution is 0.751. The van der Waals surface area contributed by atoms with Crippen molar-refractivity contribution < 1.29 is 0 Å². The van der Waals surface area contributed by atoms with Crippen molar-refractivity contribution in [3.05, 3.63) is 18.0 Å². The van der Waals surface area contributed by atoms with E-state index in [1.54, 1.807) is 0 Å². The van der Waals surface area contributed by atoms with Crippen LogP contribution in [0.15, 0.2) is 12.4 Å². The SMILES string of the molecule is CC1CN(c2ncc(CCN)cn2)CCS1. The number of rotatable bonds is 3. The molecule has 0 radical (unpaired) electrons. The van der Waals surface area contributed by atoms with Crippen LogP contribution in [-0.2, 0) is 6.42 Å². The van der Waals surface area contributed by atoms with Crippen LogP contribution in [-0.4, -0.2) is 40.6 Å². The fourth-order valence-electron chi connectivity index (χ4n) is 1.81. The van der Waals surface area contributed by atoms with E-state index in [4.69, 9.17) is 5.73 Å². The largest absolute Gasteiger partial charge is 0.339 e. The summed E-state index contributed by atoms with van der Waals surface area (Å²) in [4.78, 5) is 11.1. The van der Waals surface area contributed by atoms with Gasteiger partial charge in [0.1, 0.15) is 0 Å². The van der Waals surface area contributed by atoms with Crippen LogP contribution in [0.3, 0.4) is 0 Å². The Morgan fingerprint density at radius 3 is 2.88 bits per heavy atom. The third-order valence-corrected chi connectivity index (χ3v) is 3.78. The Morgan fingerprint density at radius 2 is 2.25 bits per heavy atom. The van der Waals surface area contributed by atoms with E-state index in [0.29, 0.717) is 11.8 Å². The average Bonchev–Trinajstić information content (AvgIpc) is 2.30. The molecule has 0 aromatic carbocycles. The van der Waals surface area contributed by atoms with Gasteiger partial charge in [-0.05, 0) is 18.5 Å². The number of nitrogens with two attached hydrogens (primary N) is 1. The quantitative estimate of drug-likeness (QED) is 0.848. The van der Waals surface area contributed by atoms with Gasteiger partial charge >= 0.3 is 0 Å². The summed E-state index contributed by atoms with van der Waals surface area (Å²) in [7, 11) is 0. The molecule has 88 valence electrons. The molecule has 5 heteroatoms. The highest BCUT2D eigenvalue weighted by atomic mass is 32.2. The van der Waals surface area contributed by atoms with Gasteiger partial charge in [0.15, 0.2) is 0 Å². The highest BCUT2D eigenvalue weighted by molar-refractivity contribution is 8.00. The minimum atomic E-state index is 0.653. The Balaban J connectivity index is 2.03. The molecule has 1 atom stereocenters. The number of hydrogen-bond acceptors (Lipinski definition) is 5. The van der Waals surface area contributed by atoms with Crippen molar-refractivity contribution in [3.63, 3.8) is 0 Å². The molecule has 1 fully saturated rings. The molecular weight excluding hydrogens is 220 g/mol. The lowest BCUT2D eigenvalue weighted by Gasteiger charge is -2.30. The second-order valence-corrected chi connectivity index (χ2v) is 5.60. The van der Waals surface area contributed by atoms with Gasteiger partial charge in [0.05, 0.1) is 0 Å². The van der Waals surface area contributed by atoms with Crippen molar-refractivity contribution in [1.82, 2.24) is 9.97 Å². The summed E-state index contributed by atoms with van der Waals surface area (Å²) in [6.07, 6.45) is 4.63. The van der Waals surface area contributed by atoms with Gasteiger partial charge in [0.2, 0.25) is 5.95 Å². The molecule has 1 aliphatic rings. The van der Waals surface area contributed by atoms with Crippen molar-refractivity contribution in [1.29, 1.82) is 0 Å². The molecule has 0 saturated carbocycles. The van der Waals surface area contributed by atoms with E-state index in [9.17, 15) is 0 Å². The topological polar surface area (TPSA) is 55.0 Å². The zero-order valence-corrected chi connectivity index (χ0v) is 10.4. The molecule has 2 rings (SSSR count). The van der Waals surface area contributed by atoms with Gasteiger partial charge in [-0.25, -0.2) is 9.97 Å². The summed E-state index contributed by atoms with van der Waals surface area (Å²) in [6.45, 7) is 4.99. The average molecular weight is 238 g/mol. The van der Waals surface area contributed by atoms with E-state index >= 15 is 0 Å². The predicted molar refractivity (Wildman–Crippen MR) is 68.9 cm³/mol. The summed E-state index contributed by atoms with van der Waals surface area (Å²) in [5.41, 5.74) is 6.61. The monoisotopic (exact) mass is 238 g/mol. The maximum absolute atomic E-state index is 5.49. The molecule has 2 N–H and O–H groups in total. The molecule has 0 bridgehead atoms. The van der Waals surface area contributed by atoms with Crippen molar-refractivity contribution in [2.75, 3.05) is 30.3 Å². The number of thioether (sulfide) groups is 1. The van der Waals surface area contributed by atoms with E-state index in [0.717, 1.165) is 36.8 Å². The van der Waals surface area contributed by atoms with Gasteiger partial charge in [-0.15, -0.1) is 0 Å². The number of hydrogen-bond donors (Lipinski definition) is 1. The maximum Gasteiger partial charge on any atom is 0.225 e. The van der Waals surface area contributed by atoms with E-state index < -0.39 is 0 Å². The first-order valence-electron chi connectivity index (χ1n) is 5.67. The van der Waals surface area contributed by atoms with Crippen LogP contribution in [0.25, 0.3) is 0 Å². The smallest absolute Gasteiger partial charge is 0.225 e. The second-order valence-electron chi connectivity index (χ2n) is 4.06. The van der Waals surface area contributed by atoms with Crippen LogP contribution >= 0.6 is 11.8 Å². The van der Waals surface area contributed by atoms with Gasteiger partial charge < -0.3 is 10.6 Å². The highest BCUT2D eigenvalue weighted by Crippen LogP contribution is 2.20. The van der Waals surface area contributed by atoms with E-state index in [-0.39, 0.29) is 0 Å². The fourth-order valence-corrected chi connectivity index (χ4v) is 2.82. The van der Waals surface area contributed by atoms with Gasteiger partial charge in [-0.2, -0.15) is 11.8 Å². The second kappa shape index (κ2) is 5.50. The zero-order valence-electron chi connectivity index (χ0n) is 9.59. The van der Waals surface area contributed by atoms with Crippen LogP contribution in [0.2, 0.25) is 0 Å². The fraction of sp³-hybridized carbons (Fsp3) is 0.636. The Bertz CT molecular complexity index is 327. The molecule has 1 unspecified atom stereocenters. The van der Waals surface area contributed by atoms with E-state index in [1.165, 1.54) is 0 Å². The first-order valence-corrected chi connectivity index (χ1v) is 6.72. The van der Waals surface area contributed by atoms with Crippen LogP contribution in [0.1, 0.15) is 12.5 Å². The molecule has 2 heterocycles. The Hall–Kier alpha value is -0.810. The standard InChI is InChI=1S/C11H18N4S/c1-9-8-15(4-5-16-9)11-13-6-10(2-3-12)7-14-11/h6-7,9H,2-5,8,12H2,1H3. The molecule has 0 spiro atoms. The predicted octanol–water partition coefficient (Wildman–Crippen LogP) is 0.920. The van der Waals surface area contributed by atoms with Crippen LogP contribution < -0.4 is 10.6 Å². The van der Waals surface area contributed by atoms with Crippen molar-refractivity contribution in [2.24, 2.45) is 5.73 Å². The summed E-state index contributed by atoms with van der Waals surface area (Å²) < 4.78 is 0. The minimum Gasteiger partial charge on any atom is -0.339 e. The normalized spacial score (nSPS) is 21.1. The first kappa shape index (κ1) is 11.7. The van der Waals surface area contributed by atoms with Crippen LogP contribution in [0.4, 0.5) is 5.95 Å². The molecule has 4 nitrogen and oxygen atoms in total. The Morgan fingerprint density at radius 1 is 1.50 bits per heavy atom. The van der Waals surface area contributed by atoms with Gasteiger partial charge in [0, 0.05) is 36.5 Å². The van der Waals surface area contributed by atoms with Crippen molar-refractivity contribution in [2.45, 2.75) is 18.6 Å². The van der Waals surface area contributed by atoms with Gasteiger partial charge in [0.25, 0.3) is 0 Å². The lowest BCUT2D eigenvalue weighted by Crippen LogP contribution is -2.37. The molecule has 0 amide bonds. The van der Waals surface area contributed by atoms with Crippen molar-refractivity contribution >= 4 is 17.7 Å². The van der Waals surface area contributed by atoms with Crippen LogP contribution in [0.5, 0.6) is 0 Å². The van der Waals surface area contributed by atoms with Crippen molar-refractivity contribution in [3.8, 4) is 0 Å². The third-order valence-electron chi connectivity index (χ3n) is 2.65. The number of anilines is 1. The molecule has 16 heavy (non-hydrogen) atoms. The van der Waals surface area contributed by atoms with Crippen LogP contribution in [0, 0.1) is 0 Å². The summed E-state index contributed by atoms with van der Waals surface area (Å²) in [6, 6.07) is 0. The maximum atomic E-state index is 5.49. The minimum absolute atomic E-state index is 0.653. The molecule has 1 saturated heterocycles. The number of nitrogens with zero attached hydrogens (tertiary/aromatic N) is 3. The summed E-state index contributed by atoms with van der Waals surface area (Å²) in [5, 5.41) is 0.668. The number of aromatic nitrogens is 2. The lowest BCUT2D eigenvalue weighted by atomic mass is 10.2. The Labute approximate surface area is 101 Å². The zero-order chi connectivity index (χ0) is 11.4. The third kappa shape index (κ3) is 2.86. The molecule has 0 aliphatic carbocycles. The van der Waals surface area contributed by atoms with Gasteiger partial charge in [-0.1, -0.05) is 6.92 Å². The van der Waals surface area contributed by atoms with Gasteiger partial charge in [-0.3, -0.25) is 0 Å². The molecule has 1 aliphatic heterocycles. The highest BCUT2D eigenvalue weighted by Gasteiger charge is 2.18. The summed E-state index contributed by atoms with van der Waals surface area (Å²) >= 11 is 2.01. The summed E-state index contributed by atoms with van der Waals surface area (Å²) in [5.74, 6) is 2.02. The van der Waals surface area contributed by atoms with E-state index in [1.807, 2.05) is 24.2 Å².